The molecule has 0 atom stereocenters. The number of hydrogen-bond acceptors (Lipinski definition) is 3. The van der Waals surface area contributed by atoms with E-state index in [0.717, 1.165) is 43.4 Å². The van der Waals surface area contributed by atoms with Gasteiger partial charge in [0.15, 0.2) is 5.69 Å². The van der Waals surface area contributed by atoms with Gasteiger partial charge in [-0.2, -0.15) is 5.10 Å². The summed E-state index contributed by atoms with van der Waals surface area (Å²) in [6.07, 6.45) is 4.91. The summed E-state index contributed by atoms with van der Waals surface area (Å²) in [5.41, 5.74) is 1.61. The Morgan fingerprint density at radius 1 is 1.20 bits per heavy atom. The van der Waals surface area contributed by atoms with Crippen LogP contribution in [-0.2, 0) is 12.8 Å². The summed E-state index contributed by atoms with van der Waals surface area (Å²) in [5, 5.41) is 16.7. The molecular weight excluding hydrogens is 216 g/mol. The molecule has 0 aromatic carbocycles. The lowest BCUT2D eigenvalue weighted by Gasteiger charge is -2.07. The van der Waals surface area contributed by atoms with E-state index in [4.69, 9.17) is 16.7 Å². The normalized spacial score (nSPS) is 15.5. The second kappa shape index (κ2) is 4.14. The van der Waals surface area contributed by atoms with Crippen LogP contribution in [-0.4, -0.2) is 21.3 Å². The first-order valence-electron chi connectivity index (χ1n) is 4.97. The summed E-state index contributed by atoms with van der Waals surface area (Å²) >= 11 is 6.01. The van der Waals surface area contributed by atoms with E-state index in [9.17, 15) is 4.79 Å². The van der Waals surface area contributed by atoms with E-state index in [1.165, 1.54) is 0 Å². The zero-order valence-corrected chi connectivity index (χ0v) is 8.92. The molecule has 0 amide bonds. The monoisotopic (exact) mass is 226 g/mol. The predicted octanol–water partition coefficient (Wildman–Crippen LogP) is 2.10. The zero-order chi connectivity index (χ0) is 10.8. The summed E-state index contributed by atoms with van der Waals surface area (Å²) in [7, 11) is 0. The quantitative estimate of drug-likeness (QED) is 0.745. The van der Waals surface area contributed by atoms with Gasteiger partial charge in [0.25, 0.3) is 0 Å². The van der Waals surface area contributed by atoms with Crippen molar-refractivity contribution < 1.29 is 9.90 Å². The molecule has 1 aromatic rings. The van der Waals surface area contributed by atoms with Crippen molar-refractivity contribution in [2.24, 2.45) is 0 Å². The zero-order valence-electron chi connectivity index (χ0n) is 8.16. The van der Waals surface area contributed by atoms with Crippen molar-refractivity contribution in [2.75, 3.05) is 0 Å². The van der Waals surface area contributed by atoms with Crippen molar-refractivity contribution in [3.05, 3.63) is 22.0 Å². The number of hydrogen-bond donors (Lipinski definition) is 1. The van der Waals surface area contributed by atoms with Crippen LogP contribution in [0.1, 0.15) is 41.0 Å². The predicted molar refractivity (Wildman–Crippen MR) is 55.3 cm³/mol. The van der Waals surface area contributed by atoms with E-state index < -0.39 is 5.97 Å². The Morgan fingerprint density at radius 3 is 2.67 bits per heavy atom. The van der Waals surface area contributed by atoms with Crippen molar-refractivity contribution in [2.45, 2.75) is 32.1 Å². The van der Waals surface area contributed by atoms with E-state index in [-0.39, 0.29) is 10.7 Å². The average molecular weight is 227 g/mol. The van der Waals surface area contributed by atoms with Gasteiger partial charge in [-0.05, 0) is 31.2 Å². The number of carboxylic acid groups (broad SMARTS) is 1. The largest absolute Gasteiger partial charge is 0.476 e. The van der Waals surface area contributed by atoms with Crippen LogP contribution in [0.5, 0.6) is 0 Å². The summed E-state index contributed by atoms with van der Waals surface area (Å²) in [4.78, 5) is 10.8. The van der Waals surface area contributed by atoms with Gasteiger partial charge >= 0.3 is 5.97 Å². The summed E-state index contributed by atoms with van der Waals surface area (Å²) in [5.74, 6) is -1.11. The molecule has 5 heteroatoms. The van der Waals surface area contributed by atoms with Gasteiger partial charge < -0.3 is 5.11 Å². The van der Waals surface area contributed by atoms with Gasteiger partial charge in [0.05, 0.1) is 10.7 Å². The molecule has 15 heavy (non-hydrogen) atoms. The van der Waals surface area contributed by atoms with Crippen molar-refractivity contribution in [3.63, 3.8) is 0 Å². The maximum atomic E-state index is 10.8. The number of rotatable bonds is 1. The minimum absolute atomic E-state index is 0.127. The average Bonchev–Trinajstić information content (AvgIpc) is 2.43. The molecule has 2 rings (SSSR count). The van der Waals surface area contributed by atoms with Gasteiger partial charge in [-0.3, -0.25) is 0 Å². The van der Waals surface area contributed by atoms with Gasteiger partial charge in [-0.25, -0.2) is 4.79 Å². The molecule has 0 saturated heterocycles. The minimum Gasteiger partial charge on any atom is -0.476 e. The third kappa shape index (κ3) is 1.95. The Hall–Kier alpha value is -1.16. The molecule has 0 fully saturated rings. The third-order valence-electron chi connectivity index (χ3n) is 2.63. The molecular formula is C10H11ClN2O2. The minimum atomic E-state index is -1.11. The summed E-state index contributed by atoms with van der Waals surface area (Å²) in [6, 6.07) is 0. The smallest absolute Gasteiger partial charge is 0.358 e. The molecule has 0 aliphatic heterocycles. The molecule has 1 aliphatic carbocycles. The lowest BCUT2D eigenvalue weighted by molar-refractivity contribution is 0.0689. The molecule has 1 heterocycles. The Bertz CT molecular complexity index is 407. The highest BCUT2D eigenvalue weighted by molar-refractivity contribution is 6.34. The number of aromatic carboxylic acids is 1. The molecule has 0 radical (unpaired) electrons. The molecule has 0 unspecified atom stereocenters. The Morgan fingerprint density at radius 2 is 1.93 bits per heavy atom. The fourth-order valence-electron chi connectivity index (χ4n) is 1.85. The third-order valence-corrected chi connectivity index (χ3v) is 3.04. The van der Waals surface area contributed by atoms with E-state index in [2.05, 4.69) is 10.2 Å². The van der Waals surface area contributed by atoms with Crippen LogP contribution in [0.4, 0.5) is 0 Å². The number of halogens is 1. The first-order valence-corrected chi connectivity index (χ1v) is 5.35. The number of aryl methyl sites for hydroxylation is 1. The molecule has 1 N–H and O–H groups in total. The van der Waals surface area contributed by atoms with Crippen molar-refractivity contribution in [1.82, 2.24) is 10.2 Å². The van der Waals surface area contributed by atoms with Gasteiger partial charge in [0.2, 0.25) is 0 Å². The van der Waals surface area contributed by atoms with Gasteiger partial charge in [0.1, 0.15) is 0 Å². The molecule has 1 aliphatic rings. The van der Waals surface area contributed by atoms with Crippen molar-refractivity contribution in [1.29, 1.82) is 0 Å². The van der Waals surface area contributed by atoms with Crippen molar-refractivity contribution in [3.8, 4) is 0 Å². The standard InChI is InChI=1S/C10H11ClN2O2/c11-8-6-4-2-1-3-5-7(6)12-13-9(8)10(14)15/h1-5H2,(H,14,15). The Balaban J connectivity index is 2.50. The highest BCUT2D eigenvalue weighted by Gasteiger charge is 2.20. The van der Waals surface area contributed by atoms with Crippen LogP contribution < -0.4 is 0 Å². The van der Waals surface area contributed by atoms with E-state index >= 15 is 0 Å². The summed E-state index contributed by atoms with van der Waals surface area (Å²) < 4.78 is 0. The van der Waals surface area contributed by atoms with Gasteiger partial charge in [-0.1, -0.05) is 18.0 Å². The SMILES string of the molecule is O=C(O)c1nnc2c(c1Cl)CCCCC2. The Kier molecular flexibility index (Phi) is 2.86. The van der Waals surface area contributed by atoms with Crippen LogP contribution in [0.15, 0.2) is 0 Å². The molecule has 0 bridgehead atoms. The second-order valence-electron chi connectivity index (χ2n) is 3.65. The first-order chi connectivity index (χ1) is 7.20. The molecule has 80 valence electrons. The van der Waals surface area contributed by atoms with Crippen LogP contribution in [0.3, 0.4) is 0 Å². The highest BCUT2D eigenvalue weighted by atomic mass is 35.5. The number of nitrogens with zero attached hydrogens (tertiary/aromatic N) is 2. The topological polar surface area (TPSA) is 63.1 Å². The van der Waals surface area contributed by atoms with E-state index in [1.54, 1.807) is 0 Å². The molecule has 1 aromatic heterocycles. The lowest BCUT2D eigenvalue weighted by Crippen LogP contribution is -2.09. The number of fused-ring (bicyclic) bond motifs is 1. The van der Waals surface area contributed by atoms with Crippen LogP contribution >= 0.6 is 11.6 Å². The first kappa shape index (κ1) is 10.4. The Labute approximate surface area is 92.3 Å². The second-order valence-corrected chi connectivity index (χ2v) is 4.03. The fourth-order valence-corrected chi connectivity index (χ4v) is 2.17. The maximum Gasteiger partial charge on any atom is 0.358 e. The molecule has 0 spiro atoms. The maximum absolute atomic E-state index is 10.8. The molecule has 4 nitrogen and oxygen atoms in total. The van der Waals surface area contributed by atoms with Crippen LogP contribution in [0.2, 0.25) is 5.02 Å². The highest BCUT2D eigenvalue weighted by Crippen LogP contribution is 2.27. The van der Waals surface area contributed by atoms with E-state index in [1.807, 2.05) is 0 Å². The fraction of sp³-hybridized carbons (Fsp3) is 0.500. The van der Waals surface area contributed by atoms with Crippen molar-refractivity contribution >= 4 is 17.6 Å². The number of carboxylic acids is 1. The van der Waals surface area contributed by atoms with Gasteiger partial charge in [-0.15, -0.1) is 5.10 Å². The van der Waals surface area contributed by atoms with E-state index in [0.29, 0.717) is 0 Å². The lowest BCUT2D eigenvalue weighted by atomic mass is 10.1. The summed E-state index contributed by atoms with van der Waals surface area (Å²) in [6.45, 7) is 0. The molecule has 0 saturated carbocycles. The number of carbonyl (C=O) groups is 1. The van der Waals surface area contributed by atoms with Gasteiger partial charge in [0, 0.05) is 0 Å². The van der Waals surface area contributed by atoms with Crippen LogP contribution in [0.25, 0.3) is 0 Å². The van der Waals surface area contributed by atoms with Crippen LogP contribution in [0, 0.1) is 0 Å². The number of aromatic nitrogens is 2.